The molecule has 1 aromatic carbocycles. The topological polar surface area (TPSA) is 38.7 Å². The summed E-state index contributed by atoms with van der Waals surface area (Å²) in [6.45, 7) is 13.5. The Kier molecular flexibility index (Phi) is 5.51. The molecule has 0 amide bonds. The van der Waals surface area contributed by atoms with E-state index in [1.807, 2.05) is 6.07 Å². The minimum Gasteiger partial charge on any atom is -0.540 e. The van der Waals surface area contributed by atoms with Gasteiger partial charge in [0.2, 0.25) is 0 Å². The molecule has 0 atom stereocenters. The highest BCUT2D eigenvalue weighted by atomic mass is 28.4. The highest BCUT2D eigenvalue weighted by molar-refractivity contribution is 6.78. The third kappa shape index (κ3) is 3.11. The quantitative estimate of drug-likeness (QED) is 0.754. The third-order valence-electron chi connectivity index (χ3n) is 4.14. The van der Waals surface area contributed by atoms with E-state index in [2.05, 4.69) is 41.5 Å². The summed E-state index contributed by atoms with van der Waals surface area (Å²) < 4.78 is 11.9. The van der Waals surface area contributed by atoms with Crippen molar-refractivity contribution < 1.29 is 14.3 Å². The van der Waals surface area contributed by atoms with Crippen molar-refractivity contribution in [2.24, 2.45) is 0 Å². The first-order valence-electron chi connectivity index (χ1n) is 7.31. The number of methoxy groups -OCH3 is 1. The van der Waals surface area contributed by atoms with Gasteiger partial charge in [-0.3, -0.25) is 0 Å². The van der Waals surface area contributed by atoms with E-state index in [4.69, 9.17) is 9.16 Å². The zero-order valence-corrected chi connectivity index (χ0v) is 14.7. The van der Waals surface area contributed by atoms with Crippen LogP contribution in [0.15, 0.2) is 18.2 Å². The van der Waals surface area contributed by atoms with Crippen LogP contribution in [0.4, 0.5) is 0 Å². The zero-order chi connectivity index (χ0) is 15.5. The van der Waals surface area contributed by atoms with Gasteiger partial charge in [-0.15, -0.1) is 0 Å². The van der Waals surface area contributed by atoms with Crippen molar-refractivity contribution in [3.63, 3.8) is 0 Å². The number of benzene rings is 1. The standard InChI is InChI=1S/C16H28O3Si/c1-11(2)20(12(3)4,13(5)6)19-15-9-8-14(17)10-16(15)18-7/h8-13,17H,1-7H3. The normalized spacial score (nSPS) is 12.3. The number of hydrogen-bond donors (Lipinski definition) is 1. The molecule has 0 saturated heterocycles. The summed E-state index contributed by atoms with van der Waals surface area (Å²) in [5, 5.41) is 9.57. The lowest BCUT2D eigenvalue weighted by Crippen LogP contribution is -2.50. The predicted molar refractivity (Wildman–Crippen MR) is 86.3 cm³/mol. The second kappa shape index (κ2) is 6.53. The SMILES string of the molecule is COc1cc(O)ccc1O[Si](C(C)C)(C(C)C)C(C)C. The van der Waals surface area contributed by atoms with Crippen LogP contribution >= 0.6 is 0 Å². The Balaban J connectivity index is 3.26. The van der Waals surface area contributed by atoms with E-state index in [9.17, 15) is 5.11 Å². The lowest BCUT2D eigenvalue weighted by molar-refractivity contribution is 0.377. The summed E-state index contributed by atoms with van der Waals surface area (Å²) in [5.41, 5.74) is 1.50. The van der Waals surface area contributed by atoms with Gasteiger partial charge in [-0.05, 0) is 28.8 Å². The molecule has 0 aromatic heterocycles. The van der Waals surface area contributed by atoms with Gasteiger partial charge in [-0.2, -0.15) is 0 Å². The smallest absolute Gasteiger partial charge is 0.258 e. The number of phenolic OH excluding ortho intramolecular Hbond substituents is 1. The van der Waals surface area contributed by atoms with Crippen molar-refractivity contribution in [2.75, 3.05) is 7.11 Å². The summed E-state index contributed by atoms with van der Waals surface area (Å²) in [5.74, 6) is 1.54. The van der Waals surface area contributed by atoms with Crippen LogP contribution in [0, 0.1) is 0 Å². The molecule has 20 heavy (non-hydrogen) atoms. The van der Waals surface area contributed by atoms with Crippen LogP contribution in [0.5, 0.6) is 17.2 Å². The molecule has 3 nitrogen and oxygen atoms in total. The van der Waals surface area contributed by atoms with Crippen LogP contribution in [-0.2, 0) is 0 Å². The molecule has 0 aliphatic rings. The molecular formula is C16H28O3Si. The molecule has 0 saturated carbocycles. The summed E-state index contributed by atoms with van der Waals surface area (Å²) in [7, 11) is -0.393. The van der Waals surface area contributed by atoms with Crippen molar-refractivity contribution in [1.29, 1.82) is 0 Å². The van der Waals surface area contributed by atoms with Crippen molar-refractivity contribution in [1.82, 2.24) is 0 Å². The summed E-state index contributed by atoms with van der Waals surface area (Å²) in [4.78, 5) is 0. The molecule has 0 unspecified atom stereocenters. The van der Waals surface area contributed by atoms with Crippen molar-refractivity contribution >= 4 is 8.32 Å². The average Bonchev–Trinajstić information content (AvgIpc) is 2.35. The Bertz CT molecular complexity index is 420. The van der Waals surface area contributed by atoms with E-state index in [1.165, 1.54) is 0 Å². The lowest BCUT2D eigenvalue weighted by Gasteiger charge is -2.42. The van der Waals surface area contributed by atoms with Gasteiger partial charge in [0.05, 0.1) is 7.11 Å². The molecule has 0 radical (unpaired) electrons. The van der Waals surface area contributed by atoms with Gasteiger partial charge in [0.15, 0.2) is 5.75 Å². The predicted octanol–water partition coefficient (Wildman–Crippen LogP) is 4.96. The molecule has 1 rings (SSSR count). The maximum atomic E-state index is 9.57. The molecular weight excluding hydrogens is 268 g/mol. The Morgan fingerprint density at radius 3 is 1.80 bits per heavy atom. The van der Waals surface area contributed by atoms with Crippen molar-refractivity contribution in [2.45, 2.75) is 58.2 Å². The molecule has 1 N–H and O–H groups in total. The molecule has 1 aromatic rings. The van der Waals surface area contributed by atoms with Crippen molar-refractivity contribution in [3.05, 3.63) is 18.2 Å². The second-order valence-corrected chi connectivity index (χ2v) is 11.6. The molecule has 0 bridgehead atoms. The fraction of sp³-hybridized carbons (Fsp3) is 0.625. The number of hydrogen-bond acceptors (Lipinski definition) is 3. The maximum Gasteiger partial charge on any atom is 0.258 e. The van der Waals surface area contributed by atoms with Crippen LogP contribution in [-0.4, -0.2) is 20.5 Å². The van der Waals surface area contributed by atoms with Gasteiger partial charge in [-0.1, -0.05) is 41.5 Å². The van der Waals surface area contributed by atoms with Crippen LogP contribution in [0.3, 0.4) is 0 Å². The molecule has 0 fully saturated rings. The molecule has 0 aliphatic carbocycles. The van der Waals surface area contributed by atoms with Gasteiger partial charge >= 0.3 is 0 Å². The van der Waals surface area contributed by atoms with E-state index in [0.717, 1.165) is 5.75 Å². The van der Waals surface area contributed by atoms with E-state index >= 15 is 0 Å². The average molecular weight is 296 g/mol. The van der Waals surface area contributed by atoms with Crippen LogP contribution in [0.2, 0.25) is 16.6 Å². The number of ether oxygens (including phenoxy) is 1. The van der Waals surface area contributed by atoms with Crippen LogP contribution < -0.4 is 9.16 Å². The number of rotatable bonds is 6. The van der Waals surface area contributed by atoms with Gasteiger partial charge in [0.25, 0.3) is 8.32 Å². The van der Waals surface area contributed by atoms with E-state index in [1.54, 1.807) is 19.2 Å². The molecule has 4 heteroatoms. The van der Waals surface area contributed by atoms with Crippen LogP contribution in [0.1, 0.15) is 41.5 Å². The summed E-state index contributed by atoms with van der Waals surface area (Å²) >= 11 is 0. The minimum atomic E-state index is -2.00. The molecule has 0 aliphatic heterocycles. The Hall–Kier alpha value is -1.16. The van der Waals surface area contributed by atoms with Gasteiger partial charge < -0.3 is 14.3 Å². The second-order valence-electron chi connectivity index (χ2n) is 6.25. The largest absolute Gasteiger partial charge is 0.540 e. The monoisotopic (exact) mass is 296 g/mol. The van der Waals surface area contributed by atoms with E-state index in [0.29, 0.717) is 22.4 Å². The first-order valence-corrected chi connectivity index (χ1v) is 9.45. The first kappa shape index (κ1) is 16.9. The summed E-state index contributed by atoms with van der Waals surface area (Å²) in [6.07, 6.45) is 0. The molecule has 0 spiro atoms. The Morgan fingerprint density at radius 1 is 0.900 bits per heavy atom. The highest BCUT2D eigenvalue weighted by Crippen LogP contribution is 2.45. The van der Waals surface area contributed by atoms with Gasteiger partial charge in [-0.25, -0.2) is 0 Å². The minimum absolute atomic E-state index is 0.195. The fourth-order valence-electron chi connectivity index (χ4n) is 3.28. The maximum absolute atomic E-state index is 9.57. The van der Waals surface area contributed by atoms with Crippen LogP contribution in [0.25, 0.3) is 0 Å². The molecule has 0 heterocycles. The fourth-order valence-corrected chi connectivity index (χ4v) is 8.54. The third-order valence-corrected chi connectivity index (χ3v) is 10.1. The van der Waals surface area contributed by atoms with Crippen molar-refractivity contribution in [3.8, 4) is 17.2 Å². The number of phenols is 1. The van der Waals surface area contributed by atoms with Gasteiger partial charge in [0.1, 0.15) is 11.5 Å². The first-order chi connectivity index (χ1) is 9.25. The number of aromatic hydroxyl groups is 1. The van der Waals surface area contributed by atoms with E-state index < -0.39 is 8.32 Å². The lowest BCUT2D eigenvalue weighted by atomic mass is 10.3. The van der Waals surface area contributed by atoms with Gasteiger partial charge in [0, 0.05) is 6.07 Å². The summed E-state index contributed by atoms with van der Waals surface area (Å²) in [6, 6.07) is 5.07. The molecule has 114 valence electrons. The zero-order valence-electron chi connectivity index (χ0n) is 13.7. The Morgan fingerprint density at radius 2 is 1.40 bits per heavy atom. The Labute approximate surface area is 124 Å². The van der Waals surface area contributed by atoms with E-state index in [-0.39, 0.29) is 5.75 Å². The highest BCUT2D eigenvalue weighted by Gasteiger charge is 2.47.